The predicted octanol–water partition coefficient (Wildman–Crippen LogP) is 3.15. The summed E-state index contributed by atoms with van der Waals surface area (Å²) in [6.45, 7) is 1.90. The molecule has 35 heavy (non-hydrogen) atoms. The van der Waals surface area contributed by atoms with Gasteiger partial charge in [0.2, 0.25) is 0 Å². The van der Waals surface area contributed by atoms with Crippen LogP contribution in [0.25, 0.3) is 0 Å². The van der Waals surface area contributed by atoms with Crippen LogP contribution in [0.3, 0.4) is 0 Å². The van der Waals surface area contributed by atoms with Crippen molar-refractivity contribution in [2.75, 3.05) is 17.2 Å². The second-order valence-corrected chi connectivity index (χ2v) is 7.62. The first-order valence-corrected chi connectivity index (χ1v) is 11.0. The lowest BCUT2D eigenvalue weighted by Crippen LogP contribution is -2.43. The maximum absolute atomic E-state index is 12.6. The third-order valence-electron chi connectivity index (χ3n) is 4.97. The summed E-state index contributed by atoms with van der Waals surface area (Å²) in [6.07, 6.45) is 0.227. The number of nitrogens with two attached hydrogens (primary N) is 1. The molecule has 3 aromatic rings. The van der Waals surface area contributed by atoms with Crippen LogP contribution in [-0.4, -0.2) is 36.4 Å². The summed E-state index contributed by atoms with van der Waals surface area (Å²) in [4.78, 5) is 37.6. The number of ether oxygens (including phenoxy) is 1. The molecule has 0 saturated carbocycles. The van der Waals surface area contributed by atoms with Crippen LogP contribution in [-0.2, 0) is 16.0 Å². The van der Waals surface area contributed by atoms with Gasteiger partial charge in [0.05, 0.1) is 6.61 Å². The zero-order chi connectivity index (χ0) is 25.2. The number of guanidine groups is 1. The quantitative estimate of drug-likeness (QED) is 0.183. The average molecular weight is 474 g/mol. The summed E-state index contributed by atoms with van der Waals surface area (Å²) in [5, 5.41) is 15.5. The lowest BCUT2D eigenvalue weighted by Gasteiger charge is -2.18. The SMILES string of the molecule is CCOC(=O)C(Cc1ccc(NC(=O)c2cccc(NC(=N)N)c2)cc1)NC(=O)c1ccccc1. The van der Waals surface area contributed by atoms with Crippen LogP contribution in [0.2, 0.25) is 0 Å². The van der Waals surface area contributed by atoms with Gasteiger partial charge >= 0.3 is 5.97 Å². The highest BCUT2D eigenvalue weighted by Gasteiger charge is 2.23. The molecule has 0 spiro atoms. The molecule has 0 heterocycles. The largest absolute Gasteiger partial charge is 0.464 e. The van der Waals surface area contributed by atoms with Crippen LogP contribution in [0.15, 0.2) is 78.9 Å². The van der Waals surface area contributed by atoms with Crippen LogP contribution in [0.5, 0.6) is 0 Å². The average Bonchev–Trinajstić information content (AvgIpc) is 2.85. The molecular weight excluding hydrogens is 446 g/mol. The van der Waals surface area contributed by atoms with E-state index in [9.17, 15) is 14.4 Å². The van der Waals surface area contributed by atoms with Crippen LogP contribution >= 0.6 is 0 Å². The van der Waals surface area contributed by atoms with E-state index >= 15 is 0 Å². The number of nitrogens with one attached hydrogen (secondary N) is 4. The van der Waals surface area contributed by atoms with Crippen LogP contribution in [0.1, 0.15) is 33.2 Å². The van der Waals surface area contributed by atoms with Gasteiger partial charge in [-0.05, 0) is 55.0 Å². The second kappa shape index (κ2) is 12.0. The van der Waals surface area contributed by atoms with Gasteiger partial charge in [0, 0.05) is 28.9 Å². The molecular formula is C26H27N5O4. The fraction of sp³-hybridized carbons (Fsp3) is 0.154. The van der Waals surface area contributed by atoms with E-state index in [0.29, 0.717) is 22.5 Å². The lowest BCUT2D eigenvalue weighted by molar-refractivity contribution is -0.145. The number of hydrogen-bond donors (Lipinski definition) is 5. The van der Waals surface area contributed by atoms with Gasteiger partial charge in [-0.2, -0.15) is 0 Å². The fourth-order valence-electron chi connectivity index (χ4n) is 3.32. The minimum absolute atomic E-state index is 0.199. The summed E-state index contributed by atoms with van der Waals surface area (Å²) >= 11 is 0. The Kier molecular flexibility index (Phi) is 8.55. The van der Waals surface area contributed by atoms with E-state index in [4.69, 9.17) is 15.9 Å². The molecule has 9 heteroatoms. The molecule has 1 unspecified atom stereocenters. The van der Waals surface area contributed by atoms with Gasteiger partial charge in [-0.3, -0.25) is 15.0 Å². The van der Waals surface area contributed by atoms with Gasteiger partial charge in [0.15, 0.2) is 5.96 Å². The Labute approximate surface area is 203 Å². The topological polar surface area (TPSA) is 146 Å². The second-order valence-electron chi connectivity index (χ2n) is 7.62. The molecule has 3 rings (SSSR count). The van der Waals surface area contributed by atoms with E-state index in [0.717, 1.165) is 5.56 Å². The van der Waals surface area contributed by atoms with E-state index in [2.05, 4.69) is 16.0 Å². The van der Waals surface area contributed by atoms with E-state index in [1.54, 1.807) is 85.8 Å². The maximum Gasteiger partial charge on any atom is 0.328 e. The Morgan fingerprint density at radius 1 is 0.857 bits per heavy atom. The molecule has 0 bridgehead atoms. The highest BCUT2D eigenvalue weighted by molar-refractivity contribution is 6.05. The highest BCUT2D eigenvalue weighted by atomic mass is 16.5. The van der Waals surface area contributed by atoms with Gasteiger partial charge < -0.3 is 26.4 Å². The molecule has 3 aromatic carbocycles. The zero-order valence-electron chi connectivity index (χ0n) is 19.2. The molecule has 2 amide bonds. The predicted molar refractivity (Wildman–Crippen MR) is 134 cm³/mol. The molecule has 0 radical (unpaired) electrons. The number of anilines is 2. The monoisotopic (exact) mass is 473 g/mol. The van der Waals surface area contributed by atoms with Crippen LogP contribution in [0.4, 0.5) is 11.4 Å². The van der Waals surface area contributed by atoms with E-state index < -0.39 is 12.0 Å². The van der Waals surface area contributed by atoms with Crippen molar-refractivity contribution >= 4 is 35.1 Å². The molecule has 0 aliphatic carbocycles. The molecule has 1 atom stereocenters. The minimum atomic E-state index is -0.861. The third-order valence-corrected chi connectivity index (χ3v) is 4.97. The van der Waals surface area contributed by atoms with Crippen molar-refractivity contribution < 1.29 is 19.1 Å². The fourth-order valence-corrected chi connectivity index (χ4v) is 3.32. The third kappa shape index (κ3) is 7.43. The Hall–Kier alpha value is -4.66. The summed E-state index contributed by atoms with van der Waals surface area (Å²) in [5.74, 6) is -1.44. The standard InChI is InChI=1S/C26H27N5O4/c1-2-35-25(34)22(31-23(32)18-7-4-3-5-8-18)15-17-11-13-20(14-12-17)29-24(33)19-9-6-10-21(16-19)30-26(27)28/h3-14,16,22H,2,15H2,1H3,(H,29,33)(H,31,32)(H4,27,28,30). The number of amides is 2. The number of carbonyl (C=O) groups is 3. The molecule has 0 fully saturated rings. The van der Waals surface area contributed by atoms with Gasteiger partial charge in [0.25, 0.3) is 11.8 Å². The van der Waals surface area contributed by atoms with Crippen LogP contribution < -0.4 is 21.7 Å². The van der Waals surface area contributed by atoms with Crippen molar-refractivity contribution in [1.29, 1.82) is 5.41 Å². The molecule has 6 N–H and O–H groups in total. The summed E-state index contributed by atoms with van der Waals surface area (Å²) in [6, 6.07) is 21.4. The molecule has 0 aromatic heterocycles. The van der Waals surface area contributed by atoms with Crippen LogP contribution in [0, 0.1) is 5.41 Å². The summed E-state index contributed by atoms with van der Waals surface area (Å²) in [7, 11) is 0. The van der Waals surface area contributed by atoms with Crippen molar-refractivity contribution in [3.8, 4) is 0 Å². The van der Waals surface area contributed by atoms with E-state index in [-0.39, 0.29) is 30.8 Å². The van der Waals surface area contributed by atoms with Crippen molar-refractivity contribution in [1.82, 2.24) is 5.32 Å². The molecule has 0 aliphatic heterocycles. The molecule has 9 nitrogen and oxygen atoms in total. The maximum atomic E-state index is 12.6. The highest BCUT2D eigenvalue weighted by Crippen LogP contribution is 2.16. The Morgan fingerprint density at radius 2 is 1.54 bits per heavy atom. The lowest BCUT2D eigenvalue weighted by atomic mass is 10.0. The number of esters is 1. The van der Waals surface area contributed by atoms with Gasteiger partial charge in [-0.25, -0.2) is 4.79 Å². The number of rotatable bonds is 9. The molecule has 0 aliphatic rings. The first kappa shape index (κ1) is 25.0. The molecule has 180 valence electrons. The van der Waals surface area contributed by atoms with Gasteiger partial charge in [0.1, 0.15) is 6.04 Å². The Bertz CT molecular complexity index is 1200. The first-order chi connectivity index (χ1) is 16.9. The minimum Gasteiger partial charge on any atom is -0.464 e. The van der Waals surface area contributed by atoms with Gasteiger partial charge in [-0.1, -0.05) is 36.4 Å². The number of carbonyl (C=O) groups excluding carboxylic acids is 3. The smallest absolute Gasteiger partial charge is 0.328 e. The van der Waals surface area contributed by atoms with Crippen molar-refractivity contribution in [3.63, 3.8) is 0 Å². The normalized spacial score (nSPS) is 11.1. The van der Waals surface area contributed by atoms with Crippen molar-refractivity contribution in [3.05, 3.63) is 95.6 Å². The van der Waals surface area contributed by atoms with E-state index in [1.807, 2.05) is 0 Å². The van der Waals surface area contributed by atoms with Gasteiger partial charge in [-0.15, -0.1) is 0 Å². The summed E-state index contributed by atoms with van der Waals surface area (Å²) in [5.41, 5.74) is 8.05. The Morgan fingerprint density at radius 3 is 2.20 bits per heavy atom. The van der Waals surface area contributed by atoms with Crippen molar-refractivity contribution in [2.24, 2.45) is 5.73 Å². The Balaban J connectivity index is 1.66. The molecule has 0 saturated heterocycles. The summed E-state index contributed by atoms with van der Waals surface area (Å²) < 4.78 is 5.14. The zero-order valence-corrected chi connectivity index (χ0v) is 19.2. The first-order valence-electron chi connectivity index (χ1n) is 11.0. The van der Waals surface area contributed by atoms with E-state index in [1.165, 1.54) is 0 Å². The number of benzene rings is 3. The number of hydrogen-bond acceptors (Lipinski definition) is 5. The van der Waals surface area contributed by atoms with Crippen molar-refractivity contribution in [2.45, 2.75) is 19.4 Å².